The van der Waals surface area contributed by atoms with E-state index in [0.29, 0.717) is 43.1 Å². The number of rotatable bonds is 2. The van der Waals surface area contributed by atoms with Crippen LogP contribution in [0.15, 0.2) is 4.52 Å². The van der Waals surface area contributed by atoms with E-state index in [-0.39, 0.29) is 5.91 Å². The van der Waals surface area contributed by atoms with E-state index in [4.69, 9.17) is 14.0 Å². The average molecular weight is 322 g/mol. The molecule has 2 saturated heterocycles. The van der Waals surface area contributed by atoms with E-state index in [0.717, 1.165) is 19.4 Å². The monoisotopic (exact) mass is 322 g/mol. The summed E-state index contributed by atoms with van der Waals surface area (Å²) in [6.07, 6.45) is 2.54. The second-order valence-corrected chi connectivity index (χ2v) is 7.28. The molecule has 128 valence electrons. The predicted octanol–water partition coefficient (Wildman–Crippen LogP) is 2.35. The molecule has 1 amide bonds. The Hall–Kier alpha value is -1.40. The van der Waals surface area contributed by atoms with Gasteiger partial charge in [-0.15, -0.1) is 0 Å². The largest absolute Gasteiger partial charge is 0.378 e. The van der Waals surface area contributed by atoms with Crippen molar-refractivity contribution in [1.82, 2.24) is 10.1 Å². The second kappa shape index (κ2) is 5.91. The zero-order valence-electron chi connectivity index (χ0n) is 14.5. The number of hydrogen-bond donors (Lipinski definition) is 0. The highest BCUT2D eigenvalue weighted by molar-refractivity contribution is 5.96. The van der Waals surface area contributed by atoms with Crippen LogP contribution in [0.5, 0.6) is 0 Å². The zero-order chi connectivity index (χ0) is 16.7. The Labute approximate surface area is 137 Å². The first-order valence-corrected chi connectivity index (χ1v) is 8.38. The van der Waals surface area contributed by atoms with Crippen LogP contribution in [-0.4, -0.2) is 53.5 Å². The topological polar surface area (TPSA) is 64.8 Å². The number of morpholine rings is 1. The number of carbonyl (C=O) groups is 1. The lowest BCUT2D eigenvalue weighted by atomic mass is 9.90. The smallest absolute Gasteiger partial charge is 0.259 e. The summed E-state index contributed by atoms with van der Waals surface area (Å²) in [5.41, 5.74) is 0.473. The Morgan fingerprint density at radius 2 is 2.13 bits per heavy atom. The lowest BCUT2D eigenvalue weighted by Crippen LogP contribution is -2.63. The van der Waals surface area contributed by atoms with E-state index in [2.05, 4.69) is 5.16 Å². The van der Waals surface area contributed by atoms with Crippen LogP contribution in [0.2, 0.25) is 0 Å². The first-order chi connectivity index (χ1) is 10.9. The first-order valence-electron chi connectivity index (χ1n) is 8.38. The molecule has 1 aromatic heterocycles. The molecule has 0 saturated carbocycles. The number of hydrogen-bond acceptors (Lipinski definition) is 5. The van der Waals surface area contributed by atoms with Crippen LogP contribution >= 0.6 is 0 Å². The quantitative estimate of drug-likeness (QED) is 0.836. The number of nitrogens with zero attached hydrogens (tertiary/aromatic N) is 2. The van der Waals surface area contributed by atoms with Gasteiger partial charge in [0.25, 0.3) is 5.91 Å². The second-order valence-electron chi connectivity index (χ2n) is 7.28. The Morgan fingerprint density at radius 3 is 2.78 bits per heavy atom. The molecule has 0 radical (unpaired) electrons. The minimum atomic E-state index is -0.397. The third-order valence-corrected chi connectivity index (χ3v) is 4.59. The molecule has 0 aliphatic carbocycles. The summed E-state index contributed by atoms with van der Waals surface area (Å²) >= 11 is 0. The molecule has 2 aliphatic rings. The summed E-state index contributed by atoms with van der Waals surface area (Å²) in [7, 11) is 0. The maximum Gasteiger partial charge on any atom is 0.259 e. The van der Waals surface area contributed by atoms with E-state index >= 15 is 0 Å². The van der Waals surface area contributed by atoms with Gasteiger partial charge >= 0.3 is 0 Å². The van der Waals surface area contributed by atoms with Gasteiger partial charge in [-0.2, -0.15) is 0 Å². The molecule has 1 atom stereocenters. The van der Waals surface area contributed by atoms with E-state index in [1.165, 1.54) is 0 Å². The third kappa shape index (κ3) is 3.15. The molecule has 2 fully saturated rings. The van der Waals surface area contributed by atoms with Gasteiger partial charge in [0, 0.05) is 19.6 Å². The van der Waals surface area contributed by atoms with Gasteiger partial charge in [-0.05, 0) is 33.6 Å². The van der Waals surface area contributed by atoms with Gasteiger partial charge in [0.1, 0.15) is 16.9 Å². The number of carbonyl (C=O) groups excluding carboxylic acids is 1. The van der Waals surface area contributed by atoms with Gasteiger partial charge in [-0.1, -0.05) is 12.1 Å². The third-order valence-electron chi connectivity index (χ3n) is 4.59. The van der Waals surface area contributed by atoms with Crippen molar-refractivity contribution in [3.63, 3.8) is 0 Å². The predicted molar refractivity (Wildman–Crippen MR) is 84.5 cm³/mol. The van der Waals surface area contributed by atoms with Crippen LogP contribution in [0, 0.1) is 6.92 Å². The fraction of sp³-hybridized carbons (Fsp3) is 0.765. The molecule has 0 N–H and O–H groups in total. The number of aromatic nitrogens is 1. The van der Waals surface area contributed by atoms with E-state index < -0.39 is 11.2 Å². The van der Waals surface area contributed by atoms with Crippen molar-refractivity contribution in [2.24, 2.45) is 0 Å². The minimum absolute atomic E-state index is 0.0121. The SMILES string of the molecule is CCc1onc(C)c1C(=O)N1CC(C)(C)OC2(CCCOC2)C1. The van der Waals surface area contributed by atoms with Crippen LogP contribution in [0.4, 0.5) is 0 Å². The molecule has 2 aliphatic heterocycles. The zero-order valence-corrected chi connectivity index (χ0v) is 14.5. The van der Waals surface area contributed by atoms with Crippen molar-refractivity contribution in [3.8, 4) is 0 Å². The average Bonchev–Trinajstić information content (AvgIpc) is 2.86. The highest BCUT2D eigenvalue weighted by atomic mass is 16.6. The highest BCUT2D eigenvalue weighted by Crippen LogP contribution is 2.35. The standard InChI is InChI=1S/C17H26N2O4/c1-5-13-14(12(2)18-22-13)15(20)19-9-16(3,4)23-17(10-19)7-6-8-21-11-17/h5-11H2,1-4H3. The highest BCUT2D eigenvalue weighted by Gasteiger charge is 2.47. The summed E-state index contributed by atoms with van der Waals surface area (Å²) in [5.74, 6) is 0.646. The van der Waals surface area contributed by atoms with Gasteiger partial charge in [-0.3, -0.25) is 4.79 Å². The number of amides is 1. The summed E-state index contributed by atoms with van der Waals surface area (Å²) in [6, 6.07) is 0. The summed E-state index contributed by atoms with van der Waals surface area (Å²) in [6.45, 7) is 10.3. The van der Waals surface area contributed by atoms with Crippen LogP contribution in [-0.2, 0) is 15.9 Å². The maximum absolute atomic E-state index is 13.1. The Kier molecular flexibility index (Phi) is 4.23. The fourth-order valence-corrected chi connectivity index (χ4v) is 3.78. The van der Waals surface area contributed by atoms with Gasteiger partial charge in [-0.25, -0.2) is 0 Å². The summed E-state index contributed by atoms with van der Waals surface area (Å²) in [5, 5.41) is 3.97. The Balaban J connectivity index is 1.88. The molecule has 1 spiro atoms. The van der Waals surface area contributed by atoms with Crippen molar-refractivity contribution in [1.29, 1.82) is 0 Å². The van der Waals surface area contributed by atoms with E-state index in [1.807, 2.05) is 32.6 Å². The van der Waals surface area contributed by atoms with Crippen molar-refractivity contribution in [2.45, 2.75) is 58.2 Å². The van der Waals surface area contributed by atoms with Gasteiger partial charge in [0.15, 0.2) is 0 Å². The van der Waals surface area contributed by atoms with Gasteiger partial charge in [0.2, 0.25) is 0 Å². The molecule has 0 aromatic carbocycles. The lowest BCUT2D eigenvalue weighted by Gasteiger charge is -2.51. The number of ether oxygens (including phenoxy) is 2. The normalized spacial score (nSPS) is 27.4. The molecule has 6 heteroatoms. The van der Waals surface area contributed by atoms with Crippen LogP contribution in [0.1, 0.15) is 55.4 Å². The lowest BCUT2D eigenvalue weighted by molar-refractivity contribution is -0.225. The summed E-state index contributed by atoms with van der Waals surface area (Å²) in [4.78, 5) is 15.0. The van der Waals surface area contributed by atoms with Gasteiger partial charge in [0.05, 0.1) is 24.4 Å². The Bertz CT molecular complexity index is 587. The van der Waals surface area contributed by atoms with E-state index in [9.17, 15) is 4.79 Å². The van der Waals surface area contributed by atoms with Crippen molar-refractivity contribution in [3.05, 3.63) is 17.0 Å². The van der Waals surface area contributed by atoms with E-state index in [1.54, 1.807) is 0 Å². The summed E-state index contributed by atoms with van der Waals surface area (Å²) < 4.78 is 17.3. The van der Waals surface area contributed by atoms with Crippen molar-refractivity contribution >= 4 is 5.91 Å². The van der Waals surface area contributed by atoms with Crippen LogP contribution < -0.4 is 0 Å². The first kappa shape index (κ1) is 16.5. The molecule has 6 nitrogen and oxygen atoms in total. The van der Waals surface area contributed by atoms with Gasteiger partial charge < -0.3 is 18.9 Å². The Morgan fingerprint density at radius 1 is 1.35 bits per heavy atom. The van der Waals surface area contributed by atoms with Crippen LogP contribution in [0.3, 0.4) is 0 Å². The molecule has 1 aromatic rings. The molecule has 0 bridgehead atoms. The maximum atomic E-state index is 13.1. The van der Waals surface area contributed by atoms with Crippen LogP contribution in [0.25, 0.3) is 0 Å². The van der Waals surface area contributed by atoms with Crippen molar-refractivity contribution < 1.29 is 18.8 Å². The molecule has 3 rings (SSSR count). The molecule has 3 heterocycles. The van der Waals surface area contributed by atoms with Crippen molar-refractivity contribution in [2.75, 3.05) is 26.3 Å². The molecule has 1 unspecified atom stereocenters. The fourth-order valence-electron chi connectivity index (χ4n) is 3.78. The number of aryl methyl sites for hydroxylation is 2. The molecular formula is C17H26N2O4. The molecule has 23 heavy (non-hydrogen) atoms. The minimum Gasteiger partial charge on any atom is -0.378 e. The molecular weight excluding hydrogens is 296 g/mol.